The highest BCUT2D eigenvalue weighted by Crippen LogP contribution is 2.43. The lowest BCUT2D eigenvalue weighted by Crippen LogP contribution is -2.30. The van der Waals surface area contributed by atoms with Gasteiger partial charge in [0, 0.05) is 5.75 Å². The van der Waals surface area contributed by atoms with Crippen molar-refractivity contribution in [2.24, 2.45) is 17.1 Å². The molecule has 1 rings (SSSR count). The van der Waals surface area contributed by atoms with Crippen molar-refractivity contribution in [2.45, 2.75) is 39.5 Å². The van der Waals surface area contributed by atoms with Crippen LogP contribution in [0.15, 0.2) is 0 Å². The minimum atomic E-state index is -2.83. The predicted octanol–water partition coefficient (Wildman–Crippen LogP) is 1.58. The average molecular weight is 233 g/mol. The van der Waals surface area contributed by atoms with Crippen LogP contribution in [0.4, 0.5) is 0 Å². The van der Waals surface area contributed by atoms with Crippen molar-refractivity contribution < 1.29 is 8.42 Å². The predicted molar refractivity (Wildman–Crippen MR) is 63.4 cm³/mol. The first-order chi connectivity index (χ1) is 6.93. The van der Waals surface area contributed by atoms with Gasteiger partial charge in [-0.1, -0.05) is 20.3 Å². The lowest BCUT2D eigenvalue weighted by Gasteiger charge is -2.27. The fourth-order valence-corrected chi connectivity index (χ4v) is 3.56. The van der Waals surface area contributed by atoms with Crippen molar-refractivity contribution >= 4 is 9.84 Å². The van der Waals surface area contributed by atoms with Gasteiger partial charge < -0.3 is 5.73 Å². The minimum Gasteiger partial charge on any atom is -0.330 e. The maximum atomic E-state index is 11.5. The number of hydrogen-bond donors (Lipinski definition) is 1. The second-order valence-corrected chi connectivity index (χ2v) is 7.51. The smallest absolute Gasteiger partial charge is 0.150 e. The summed E-state index contributed by atoms with van der Waals surface area (Å²) in [6, 6.07) is 0. The van der Waals surface area contributed by atoms with Crippen LogP contribution in [-0.4, -0.2) is 26.5 Å². The van der Waals surface area contributed by atoms with Gasteiger partial charge in [-0.2, -0.15) is 0 Å². The molecule has 1 fully saturated rings. The first-order valence-electron chi connectivity index (χ1n) is 5.83. The van der Waals surface area contributed by atoms with Crippen LogP contribution in [0, 0.1) is 11.3 Å². The molecule has 0 bridgehead atoms. The molecule has 2 N–H and O–H groups in total. The first kappa shape index (κ1) is 13.0. The summed E-state index contributed by atoms with van der Waals surface area (Å²) in [5, 5.41) is 0. The molecule has 0 aromatic carbocycles. The third kappa shape index (κ3) is 3.45. The van der Waals surface area contributed by atoms with Gasteiger partial charge in [0.25, 0.3) is 0 Å². The zero-order valence-corrected chi connectivity index (χ0v) is 10.6. The zero-order chi connectivity index (χ0) is 11.5. The Kier molecular flexibility index (Phi) is 4.18. The molecule has 15 heavy (non-hydrogen) atoms. The van der Waals surface area contributed by atoms with E-state index in [2.05, 4.69) is 6.92 Å². The number of hydrogen-bond acceptors (Lipinski definition) is 3. The van der Waals surface area contributed by atoms with E-state index < -0.39 is 9.84 Å². The van der Waals surface area contributed by atoms with Gasteiger partial charge in [0.15, 0.2) is 0 Å². The van der Waals surface area contributed by atoms with Crippen LogP contribution in [0.5, 0.6) is 0 Å². The van der Waals surface area contributed by atoms with Crippen molar-refractivity contribution in [3.8, 4) is 0 Å². The van der Waals surface area contributed by atoms with Gasteiger partial charge in [0.2, 0.25) is 0 Å². The van der Waals surface area contributed by atoms with E-state index in [1.807, 2.05) is 0 Å². The quantitative estimate of drug-likeness (QED) is 0.784. The van der Waals surface area contributed by atoms with Gasteiger partial charge in [-0.05, 0) is 37.1 Å². The Hall–Kier alpha value is -0.0900. The molecule has 3 nitrogen and oxygen atoms in total. The highest BCUT2D eigenvalue weighted by molar-refractivity contribution is 7.91. The van der Waals surface area contributed by atoms with E-state index in [0.29, 0.717) is 18.2 Å². The molecule has 90 valence electrons. The number of nitrogens with two attached hydrogens (primary N) is 1. The lowest BCUT2D eigenvalue weighted by molar-refractivity contribution is 0.287. The van der Waals surface area contributed by atoms with E-state index in [0.717, 1.165) is 19.3 Å². The molecule has 1 saturated carbocycles. The Bertz CT molecular complexity index is 300. The topological polar surface area (TPSA) is 60.2 Å². The summed E-state index contributed by atoms with van der Waals surface area (Å²) in [6.07, 6.45) is 4.15. The molecule has 0 radical (unpaired) electrons. The second-order valence-electron chi connectivity index (χ2n) is 5.04. The molecular formula is C11H23NO2S. The van der Waals surface area contributed by atoms with E-state index in [9.17, 15) is 8.42 Å². The average Bonchev–Trinajstić information content (AvgIpc) is 2.59. The van der Waals surface area contributed by atoms with E-state index in [1.165, 1.54) is 6.42 Å². The number of rotatable bonds is 5. The molecule has 0 amide bonds. The van der Waals surface area contributed by atoms with E-state index >= 15 is 0 Å². The fourth-order valence-electron chi connectivity index (χ4n) is 2.53. The summed E-state index contributed by atoms with van der Waals surface area (Å²) in [5.41, 5.74) is 5.92. The van der Waals surface area contributed by atoms with Crippen molar-refractivity contribution in [3.63, 3.8) is 0 Å². The largest absolute Gasteiger partial charge is 0.330 e. The molecule has 2 unspecified atom stereocenters. The molecule has 0 aliphatic heterocycles. The summed E-state index contributed by atoms with van der Waals surface area (Å²) >= 11 is 0. The van der Waals surface area contributed by atoms with E-state index in [-0.39, 0.29) is 11.2 Å². The standard InChI is InChI=1S/C11H23NO2S/c1-3-15(13,14)7-6-11(9-12)5-4-10(2)8-11/h10H,3-9,12H2,1-2H3. The van der Waals surface area contributed by atoms with E-state index in [4.69, 9.17) is 5.73 Å². The summed E-state index contributed by atoms with van der Waals surface area (Å²) in [6.45, 7) is 4.57. The molecule has 0 saturated heterocycles. The molecular weight excluding hydrogens is 210 g/mol. The molecule has 4 heteroatoms. The SMILES string of the molecule is CCS(=O)(=O)CCC1(CN)CCC(C)C1. The maximum Gasteiger partial charge on any atom is 0.150 e. The van der Waals surface area contributed by atoms with Gasteiger partial charge in [0.05, 0.1) is 5.75 Å². The van der Waals surface area contributed by atoms with Crippen LogP contribution in [-0.2, 0) is 9.84 Å². The van der Waals surface area contributed by atoms with Crippen LogP contribution >= 0.6 is 0 Å². The Labute approximate surface area is 93.3 Å². The fraction of sp³-hybridized carbons (Fsp3) is 1.00. The second kappa shape index (κ2) is 4.83. The minimum absolute atomic E-state index is 0.113. The molecule has 0 aromatic heterocycles. The molecule has 0 aromatic rings. The molecule has 1 aliphatic carbocycles. The summed E-state index contributed by atoms with van der Waals surface area (Å²) in [7, 11) is -2.83. The highest BCUT2D eigenvalue weighted by Gasteiger charge is 2.36. The molecule has 2 atom stereocenters. The van der Waals surface area contributed by atoms with Gasteiger partial charge in [-0.3, -0.25) is 0 Å². The normalized spacial score (nSPS) is 32.1. The third-order valence-corrected chi connectivity index (χ3v) is 5.47. The summed E-state index contributed by atoms with van der Waals surface area (Å²) in [5.74, 6) is 1.27. The van der Waals surface area contributed by atoms with E-state index in [1.54, 1.807) is 6.92 Å². The Morgan fingerprint density at radius 2 is 2.13 bits per heavy atom. The van der Waals surface area contributed by atoms with Gasteiger partial charge in [-0.15, -0.1) is 0 Å². The highest BCUT2D eigenvalue weighted by atomic mass is 32.2. The third-order valence-electron chi connectivity index (χ3n) is 3.77. The Morgan fingerprint density at radius 1 is 1.47 bits per heavy atom. The van der Waals surface area contributed by atoms with Crippen molar-refractivity contribution in [1.82, 2.24) is 0 Å². The van der Waals surface area contributed by atoms with Gasteiger partial charge >= 0.3 is 0 Å². The molecule has 0 spiro atoms. The molecule has 0 heterocycles. The Morgan fingerprint density at radius 3 is 2.53 bits per heavy atom. The monoisotopic (exact) mass is 233 g/mol. The molecule has 1 aliphatic rings. The maximum absolute atomic E-state index is 11.5. The van der Waals surface area contributed by atoms with Crippen molar-refractivity contribution in [1.29, 1.82) is 0 Å². The lowest BCUT2D eigenvalue weighted by atomic mass is 9.83. The van der Waals surface area contributed by atoms with Crippen LogP contribution in [0.3, 0.4) is 0 Å². The van der Waals surface area contributed by atoms with Crippen LogP contribution in [0.2, 0.25) is 0 Å². The Balaban J connectivity index is 2.55. The van der Waals surface area contributed by atoms with Crippen LogP contribution < -0.4 is 5.73 Å². The number of sulfone groups is 1. The summed E-state index contributed by atoms with van der Waals surface area (Å²) in [4.78, 5) is 0. The van der Waals surface area contributed by atoms with Gasteiger partial charge in [-0.25, -0.2) is 8.42 Å². The zero-order valence-electron chi connectivity index (χ0n) is 9.83. The first-order valence-corrected chi connectivity index (χ1v) is 7.66. The van der Waals surface area contributed by atoms with Crippen molar-refractivity contribution in [3.05, 3.63) is 0 Å². The van der Waals surface area contributed by atoms with Crippen molar-refractivity contribution in [2.75, 3.05) is 18.1 Å². The van der Waals surface area contributed by atoms with Crippen LogP contribution in [0.1, 0.15) is 39.5 Å². The van der Waals surface area contributed by atoms with Gasteiger partial charge in [0.1, 0.15) is 9.84 Å². The summed E-state index contributed by atoms with van der Waals surface area (Å²) < 4.78 is 22.9. The van der Waals surface area contributed by atoms with Crippen LogP contribution in [0.25, 0.3) is 0 Å².